The van der Waals surface area contributed by atoms with E-state index >= 15 is 0 Å². The SMILES string of the molecule is CCCCC1=C(c2c3c(ccc2=[Si](C)C)=c2ccccc2=[C]3[Ti+2])CC=C1.[Cl-].[Cl-]. The van der Waals surface area contributed by atoms with E-state index in [4.69, 9.17) is 0 Å². The zero-order valence-corrected chi connectivity index (χ0v) is 20.8. The van der Waals surface area contributed by atoms with Gasteiger partial charge in [-0.2, -0.15) is 0 Å². The van der Waals surface area contributed by atoms with Gasteiger partial charge in [-0.25, -0.2) is 0 Å². The Kier molecular flexibility index (Phi) is 8.31. The second kappa shape index (κ2) is 9.87. The number of unbranched alkanes of at least 4 members (excludes halogenated alkanes) is 1. The summed E-state index contributed by atoms with van der Waals surface area (Å²) in [5.41, 5.74) is 6.27. The van der Waals surface area contributed by atoms with Gasteiger partial charge in [0.25, 0.3) is 0 Å². The van der Waals surface area contributed by atoms with Gasteiger partial charge < -0.3 is 24.8 Å². The molecular weight excluding hydrogens is 435 g/mol. The number of fused-ring (bicyclic) bond motifs is 2. The molecule has 0 heterocycles. The van der Waals surface area contributed by atoms with E-state index < -0.39 is 8.41 Å². The largest absolute Gasteiger partial charge is 1.00 e. The minimum atomic E-state index is -0.527. The maximum atomic E-state index is 2.43. The Hall–Kier alpha value is -0.699. The fourth-order valence-corrected chi connectivity index (χ4v) is 6.24. The molecule has 143 valence electrons. The molecule has 0 aliphatic heterocycles. The van der Waals surface area contributed by atoms with E-state index in [1.54, 1.807) is 21.5 Å². The van der Waals surface area contributed by atoms with Gasteiger partial charge >= 0.3 is 170 Å². The average molecular weight is 460 g/mol. The van der Waals surface area contributed by atoms with Gasteiger partial charge in [-0.05, 0) is 0 Å². The third-order valence-corrected chi connectivity index (χ3v) is 7.92. The predicted octanol–water partition coefficient (Wildman–Crippen LogP) is -0.511. The zero-order chi connectivity index (χ0) is 18.3. The van der Waals surface area contributed by atoms with E-state index in [0.29, 0.717) is 0 Å². The van der Waals surface area contributed by atoms with Crippen LogP contribution in [0.5, 0.6) is 0 Å². The normalized spacial score (nSPS) is 13.8. The van der Waals surface area contributed by atoms with Crippen molar-refractivity contribution in [3.05, 3.63) is 85.7 Å². The molecule has 4 rings (SSSR count). The van der Waals surface area contributed by atoms with E-state index in [-0.39, 0.29) is 24.8 Å². The summed E-state index contributed by atoms with van der Waals surface area (Å²) in [4.78, 5) is 1.61. The number of halogens is 2. The van der Waals surface area contributed by atoms with Crippen molar-refractivity contribution in [2.75, 3.05) is 0 Å². The third-order valence-electron chi connectivity index (χ3n) is 5.61. The first-order valence-corrected chi connectivity index (χ1v) is 13.0. The minimum absolute atomic E-state index is 0. The second-order valence-corrected chi connectivity index (χ2v) is 10.9. The van der Waals surface area contributed by atoms with Crippen LogP contribution in [0, 0.1) is 15.3 Å². The van der Waals surface area contributed by atoms with Gasteiger partial charge in [-0.15, -0.1) is 0 Å². The van der Waals surface area contributed by atoms with Crippen LogP contribution >= 0.6 is 0 Å². The molecule has 2 aromatic carbocycles. The smallest absolute Gasteiger partial charge is 1.00 e. The summed E-state index contributed by atoms with van der Waals surface area (Å²) >= 11 is 2.32. The fraction of sp³-hybridized carbons (Fsp3) is 0.292. The van der Waals surface area contributed by atoms with Crippen molar-refractivity contribution in [1.82, 2.24) is 0 Å². The van der Waals surface area contributed by atoms with Gasteiger partial charge in [0.05, 0.1) is 0 Å². The summed E-state index contributed by atoms with van der Waals surface area (Å²) in [6.45, 7) is 7.16. The molecule has 28 heavy (non-hydrogen) atoms. The monoisotopic (exact) mass is 459 g/mol. The van der Waals surface area contributed by atoms with Crippen molar-refractivity contribution in [2.24, 2.45) is 0 Å². The molecule has 2 aliphatic carbocycles. The van der Waals surface area contributed by atoms with E-state index in [0.717, 1.165) is 6.42 Å². The van der Waals surface area contributed by atoms with Crippen LogP contribution in [-0.2, 0) is 20.4 Å². The second-order valence-electron chi connectivity index (χ2n) is 7.55. The molecule has 0 spiro atoms. The molecule has 0 radical (unpaired) electrons. The molecule has 2 aliphatic rings. The van der Waals surface area contributed by atoms with Gasteiger partial charge in [-0.3, -0.25) is 0 Å². The van der Waals surface area contributed by atoms with Crippen LogP contribution in [0.25, 0.3) is 9.45 Å². The van der Waals surface area contributed by atoms with Crippen molar-refractivity contribution < 1.29 is 45.2 Å². The first-order valence-electron chi connectivity index (χ1n) is 9.68. The number of allylic oxidation sites excluding steroid dienone is 4. The molecule has 0 unspecified atom stereocenters. The van der Waals surface area contributed by atoms with Crippen LogP contribution in [0.15, 0.2) is 54.1 Å². The number of rotatable bonds is 4. The predicted molar refractivity (Wildman–Crippen MR) is 109 cm³/mol. The van der Waals surface area contributed by atoms with Crippen molar-refractivity contribution in [2.45, 2.75) is 45.7 Å². The van der Waals surface area contributed by atoms with Crippen LogP contribution in [-0.4, -0.2) is 8.41 Å². The molecule has 4 heteroatoms. The van der Waals surface area contributed by atoms with Gasteiger partial charge in [0.2, 0.25) is 0 Å². The first-order chi connectivity index (χ1) is 12.6. The number of benzene rings is 2. The third kappa shape index (κ3) is 3.98. The number of hydrogen-bond acceptors (Lipinski definition) is 0. The summed E-state index contributed by atoms with van der Waals surface area (Å²) in [7, 11) is -0.527. The summed E-state index contributed by atoms with van der Waals surface area (Å²) < 4.78 is 1.46. The Balaban J connectivity index is 0.00000140. The van der Waals surface area contributed by atoms with Crippen molar-refractivity contribution >= 4 is 17.9 Å². The van der Waals surface area contributed by atoms with Crippen LogP contribution < -0.4 is 30.0 Å². The Bertz CT molecular complexity index is 1170. The van der Waals surface area contributed by atoms with Crippen LogP contribution in [0.3, 0.4) is 0 Å². The molecule has 0 aromatic heterocycles. The van der Waals surface area contributed by atoms with Crippen molar-refractivity contribution in [3.8, 4) is 0 Å². The molecule has 0 amide bonds. The molecule has 0 N–H and O–H groups in total. The molecule has 0 atom stereocenters. The van der Waals surface area contributed by atoms with Gasteiger partial charge in [-0.1, -0.05) is 0 Å². The quantitative estimate of drug-likeness (QED) is 0.540. The van der Waals surface area contributed by atoms with E-state index in [1.807, 2.05) is 0 Å². The van der Waals surface area contributed by atoms with Crippen molar-refractivity contribution in [1.29, 1.82) is 0 Å². The topological polar surface area (TPSA) is 0 Å². The Morgan fingerprint density at radius 1 is 0.929 bits per heavy atom. The maximum Gasteiger partial charge on any atom is -1.00 e. The van der Waals surface area contributed by atoms with E-state index in [1.165, 1.54) is 44.4 Å². The van der Waals surface area contributed by atoms with Gasteiger partial charge in [0.1, 0.15) is 0 Å². The molecule has 0 bridgehead atoms. The summed E-state index contributed by atoms with van der Waals surface area (Å²) in [5.74, 6) is 0. The molecule has 0 saturated heterocycles. The Morgan fingerprint density at radius 2 is 1.64 bits per heavy atom. The number of hydrogen-bond donors (Lipinski definition) is 0. The fourth-order valence-electron chi connectivity index (χ4n) is 4.30. The van der Waals surface area contributed by atoms with Gasteiger partial charge in [0.15, 0.2) is 0 Å². The maximum absolute atomic E-state index is 2.43. The summed E-state index contributed by atoms with van der Waals surface area (Å²) in [6.07, 6.45) is 9.63. The first kappa shape index (κ1) is 23.6. The standard InChI is InChI=1S/C24H25Si.2ClH.Ti/c1-4-5-9-17-11-8-13-20(17)24-22-16-18-10-6-7-12-19(18)21(22)14-15-23(24)25(2)3;;;/h6-8,10-12,14-15H,4-5,9,13H2,1-3H3;2*1H;/q;;;+2/p-2. The molecule has 0 saturated carbocycles. The van der Waals surface area contributed by atoms with Crippen molar-refractivity contribution in [3.63, 3.8) is 0 Å². The molecule has 0 fully saturated rings. The molecular formula is C24H25Cl2SiTi. The van der Waals surface area contributed by atoms with Crippen LogP contribution in [0.1, 0.15) is 43.7 Å². The molecule has 0 nitrogen and oxygen atoms in total. The Labute approximate surface area is 193 Å². The Morgan fingerprint density at radius 3 is 2.32 bits per heavy atom. The van der Waals surface area contributed by atoms with E-state index in [9.17, 15) is 0 Å². The average Bonchev–Trinajstić information content (AvgIpc) is 3.23. The van der Waals surface area contributed by atoms with Crippen LogP contribution in [0.4, 0.5) is 0 Å². The minimum Gasteiger partial charge on any atom is -1.00 e. The summed E-state index contributed by atoms with van der Waals surface area (Å²) in [6, 6.07) is 13.7. The summed E-state index contributed by atoms with van der Waals surface area (Å²) in [5, 5.41) is 4.27. The molecule has 2 aromatic rings. The van der Waals surface area contributed by atoms with E-state index in [2.05, 4.69) is 89.0 Å². The van der Waals surface area contributed by atoms with Gasteiger partial charge in [0, 0.05) is 0 Å². The van der Waals surface area contributed by atoms with Crippen LogP contribution in [0.2, 0.25) is 13.1 Å². The zero-order valence-electron chi connectivity index (χ0n) is 16.7.